The zero-order valence-corrected chi connectivity index (χ0v) is 18.1. The summed E-state index contributed by atoms with van der Waals surface area (Å²) in [4.78, 5) is 4.57. The van der Waals surface area contributed by atoms with Crippen molar-refractivity contribution in [3.8, 4) is 0 Å². The van der Waals surface area contributed by atoms with Gasteiger partial charge in [-0.3, -0.25) is 0 Å². The number of aromatic nitrogens is 1. The lowest BCUT2D eigenvalue weighted by Gasteiger charge is -2.18. The number of aliphatic imine (C=N–C) groups is 1. The molecule has 2 aromatic rings. The molecule has 1 heterocycles. The van der Waals surface area contributed by atoms with Crippen molar-refractivity contribution in [2.45, 2.75) is 46.2 Å². The molecule has 1 atom stereocenters. The lowest BCUT2D eigenvalue weighted by Crippen LogP contribution is -2.38. The Hall–Kier alpha value is -1.28. The third-order valence-electron chi connectivity index (χ3n) is 3.63. The number of hydrogen-bond donors (Lipinski definition) is 2. The molecule has 138 valence electrons. The van der Waals surface area contributed by atoms with Crippen LogP contribution in [0, 0.1) is 0 Å². The van der Waals surface area contributed by atoms with Gasteiger partial charge in [0.1, 0.15) is 6.54 Å². The minimum atomic E-state index is 0. The maximum Gasteiger partial charge on any atom is 0.192 e. The fourth-order valence-electron chi connectivity index (χ4n) is 2.19. The van der Waals surface area contributed by atoms with E-state index in [1.165, 1.54) is 0 Å². The van der Waals surface area contributed by atoms with Crippen LogP contribution >= 0.6 is 35.6 Å². The predicted molar refractivity (Wildman–Crippen MR) is 114 cm³/mol. The van der Waals surface area contributed by atoms with E-state index in [0.717, 1.165) is 34.5 Å². The molecule has 0 saturated heterocycles. The predicted octanol–water partition coefficient (Wildman–Crippen LogP) is 4.89. The van der Waals surface area contributed by atoms with Crippen LogP contribution in [0.1, 0.15) is 56.7 Å². The monoisotopic (exact) mass is 476 g/mol. The average Bonchev–Trinajstić information content (AvgIpc) is 3.02. The van der Waals surface area contributed by atoms with Crippen LogP contribution in [0.4, 0.5) is 0 Å². The molecule has 0 aliphatic rings. The van der Waals surface area contributed by atoms with Gasteiger partial charge in [-0.05, 0) is 37.5 Å². The highest BCUT2D eigenvalue weighted by molar-refractivity contribution is 14.0. The van der Waals surface area contributed by atoms with E-state index in [2.05, 4.69) is 41.6 Å². The molecule has 0 amide bonds. The summed E-state index contributed by atoms with van der Waals surface area (Å²) in [6.07, 6.45) is 0. The summed E-state index contributed by atoms with van der Waals surface area (Å²) in [5.41, 5.74) is 2.10. The SMILES string of the molecule is CCNC(=NCc1cc(C(C)C)no1)NC(C)c1ccc(Cl)cc1.I. The van der Waals surface area contributed by atoms with Gasteiger partial charge in [-0.15, -0.1) is 24.0 Å². The average molecular weight is 477 g/mol. The molecule has 0 aliphatic carbocycles. The van der Waals surface area contributed by atoms with Crippen molar-refractivity contribution in [3.63, 3.8) is 0 Å². The Labute approximate surface area is 171 Å². The molecule has 0 radical (unpaired) electrons. The summed E-state index contributed by atoms with van der Waals surface area (Å²) >= 11 is 5.94. The third-order valence-corrected chi connectivity index (χ3v) is 3.88. The molecular weight excluding hydrogens is 451 g/mol. The van der Waals surface area contributed by atoms with Crippen LogP contribution in [0.25, 0.3) is 0 Å². The number of benzene rings is 1. The van der Waals surface area contributed by atoms with Crippen molar-refractivity contribution >= 4 is 41.5 Å². The van der Waals surface area contributed by atoms with Crippen molar-refractivity contribution in [2.24, 2.45) is 4.99 Å². The maximum atomic E-state index is 5.94. The van der Waals surface area contributed by atoms with Crippen LogP contribution in [0.2, 0.25) is 5.02 Å². The fourth-order valence-corrected chi connectivity index (χ4v) is 2.32. The van der Waals surface area contributed by atoms with Crippen molar-refractivity contribution in [1.82, 2.24) is 15.8 Å². The van der Waals surface area contributed by atoms with Crippen LogP contribution < -0.4 is 10.6 Å². The molecule has 0 fully saturated rings. The highest BCUT2D eigenvalue weighted by atomic mass is 127. The summed E-state index contributed by atoms with van der Waals surface area (Å²) in [7, 11) is 0. The first-order valence-electron chi connectivity index (χ1n) is 8.25. The quantitative estimate of drug-likeness (QED) is 0.354. The summed E-state index contributed by atoms with van der Waals surface area (Å²) in [5, 5.41) is 11.4. The summed E-state index contributed by atoms with van der Waals surface area (Å²) in [6, 6.07) is 9.87. The van der Waals surface area contributed by atoms with Crippen LogP contribution in [0.3, 0.4) is 0 Å². The minimum Gasteiger partial charge on any atom is -0.359 e. The first kappa shape index (κ1) is 21.8. The Bertz CT molecular complexity index is 670. The molecule has 1 unspecified atom stereocenters. The smallest absolute Gasteiger partial charge is 0.192 e. The van der Waals surface area contributed by atoms with E-state index in [1.807, 2.05) is 37.3 Å². The fraction of sp³-hybridized carbons (Fsp3) is 0.444. The molecule has 7 heteroatoms. The molecule has 25 heavy (non-hydrogen) atoms. The summed E-state index contributed by atoms with van der Waals surface area (Å²) in [5.74, 6) is 1.85. The molecule has 2 rings (SSSR count). The van der Waals surface area contributed by atoms with Gasteiger partial charge < -0.3 is 15.2 Å². The standard InChI is InChI=1S/C18H25ClN4O.HI/c1-5-20-18(21-11-16-10-17(12(2)3)23-24-16)22-13(4)14-6-8-15(19)9-7-14;/h6-10,12-13H,5,11H2,1-4H3,(H2,20,21,22);1H. The second-order valence-corrected chi connectivity index (χ2v) is 6.42. The first-order valence-corrected chi connectivity index (χ1v) is 8.63. The highest BCUT2D eigenvalue weighted by Gasteiger charge is 2.10. The Kier molecular flexibility index (Phi) is 9.27. The van der Waals surface area contributed by atoms with E-state index in [-0.39, 0.29) is 30.0 Å². The number of guanidine groups is 1. The zero-order chi connectivity index (χ0) is 17.5. The first-order chi connectivity index (χ1) is 11.5. The van der Waals surface area contributed by atoms with E-state index >= 15 is 0 Å². The van der Waals surface area contributed by atoms with Crippen molar-refractivity contribution in [2.75, 3.05) is 6.54 Å². The van der Waals surface area contributed by atoms with E-state index in [1.54, 1.807) is 0 Å². The van der Waals surface area contributed by atoms with E-state index < -0.39 is 0 Å². The van der Waals surface area contributed by atoms with Gasteiger partial charge in [0.25, 0.3) is 0 Å². The lowest BCUT2D eigenvalue weighted by atomic mass is 10.1. The van der Waals surface area contributed by atoms with Gasteiger partial charge in [-0.2, -0.15) is 0 Å². The van der Waals surface area contributed by atoms with Crippen LogP contribution in [-0.4, -0.2) is 17.7 Å². The van der Waals surface area contributed by atoms with Gasteiger partial charge in [0, 0.05) is 17.6 Å². The molecular formula is C18H26ClIN4O. The second kappa shape index (κ2) is 10.7. The van der Waals surface area contributed by atoms with Gasteiger partial charge >= 0.3 is 0 Å². The van der Waals surface area contributed by atoms with Crippen molar-refractivity contribution in [1.29, 1.82) is 0 Å². The van der Waals surface area contributed by atoms with E-state index in [0.29, 0.717) is 12.5 Å². The van der Waals surface area contributed by atoms with Gasteiger partial charge in [-0.25, -0.2) is 4.99 Å². The molecule has 0 bridgehead atoms. The molecule has 2 N–H and O–H groups in total. The second-order valence-electron chi connectivity index (χ2n) is 5.99. The molecule has 1 aromatic carbocycles. The molecule has 5 nitrogen and oxygen atoms in total. The van der Waals surface area contributed by atoms with Crippen LogP contribution in [-0.2, 0) is 6.54 Å². The Morgan fingerprint density at radius 3 is 2.48 bits per heavy atom. The molecule has 1 aromatic heterocycles. The molecule has 0 aliphatic heterocycles. The topological polar surface area (TPSA) is 62.5 Å². The van der Waals surface area contributed by atoms with Crippen LogP contribution in [0.5, 0.6) is 0 Å². The Morgan fingerprint density at radius 1 is 1.24 bits per heavy atom. The number of hydrogen-bond acceptors (Lipinski definition) is 3. The molecule has 0 spiro atoms. The summed E-state index contributed by atoms with van der Waals surface area (Å²) < 4.78 is 5.33. The largest absolute Gasteiger partial charge is 0.359 e. The van der Waals surface area contributed by atoms with Gasteiger partial charge in [0.2, 0.25) is 0 Å². The maximum absolute atomic E-state index is 5.94. The van der Waals surface area contributed by atoms with Gasteiger partial charge in [-0.1, -0.05) is 42.7 Å². The summed E-state index contributed by atoms with van der Waals surface area (Å²) in [6.45, 7) is 9.53. The number of rotatable bonds is 6. The lowest BCUT2D eigenvalue weighted by molar-refractivity contribution is 0.376. The van der Waals surface area contributed by atoms with Crippen molar-refractivity contribution < 1.29 is 4.52 Å². The van der Waals surface area contributed by atoms with Gasteiger partial charge in [0.05, 0.1) is 11.7 Å². The zero-order valence-electron chi connectivity index (χ0n) is 15.0. The number of halogens is 2. The highest BCUT2D eigenvalue weighted by Crippen LogP contribution is 2.16. The minimum absolute atomic E-state index is 0. The normalized spacial score (nSPS) is 12.6. The van der Waals surface area contributed by atoms with E-state index in [9.17, 15) is 0 Å². The number of nitrogens with zero attached hydrogens (tertiary/aromatic N) is 2. The number of nitrogens with one attached hydrogen (secondary N) is 2. The molecule has 0 saturated carbocycles. The Balaban J connectivity index is 0.00000312. The van der Waals surface area contributed by atoms with Gasteiger partial charge in [0.15, 0.2) is 11.7 Å². The third kappa shape index (κ3) is 6.86. The van der Waals surface area contributed by atoms with E-state index in [4.69, 9.17) is 16.1 Å². The van der Waals surface area contributed by atoms with Crippen molar-refractivity contribution in [3.05, 3.63) is 52.4 Å². The van der Waals surface area contributed by atoms with Crippen LogP contribution in [0.15, 0.2) is 39.8 Å². The Morgan fingerprint density at radius 2 is 1.92 bits per heavy atom.